The van der Waals surface area contributed by atoms with Crippen LogP contribution in [0.4, 0.5) is 5.13 Å². The van der Waals surface area contributed by atoms with Gasteiger partial charge in [0.25, 0.3) is 0 Å². The minimum absolute atomic E-state index is 0.403. The van der Waals surface area contributed by atoms with E-state index in [-0.39, 0.29) is 0 Å². The number of nitrogens with zero attached hydrogens (tertiary/aromatic N) is 2. The van der Waals surface area contributed by atoms with Crippen LogP contribution in [0.15, 0.2) is 24.3 Å². The molecular weight excluding hydrogens is 218 g/mol. The number of aryl methyl sites for hydroxylation is 1. The van der Waals surface area contributed by atoms with Gasteiger partial charge in [0, 0.05) is 5.92 Å². The van der Waals surface area contributed by atoms with Gasteiger partial charge in [-0.05, 0) is 30.4 Å². The fourth-order valence-electron chi connectivity index (χ4n) is 2.40. The highest BCUT2D eigenvalue weighted by atomic mass is 32.1. The highest BCUT2D eigenvalue weighted by Crippen LogP contribution is 2.37. The summed E-state index contributed by atoms with van der Waals surface area (Å²) in [6.07, 6.45) is 3.56. The predicted molar refractivity (Wildman–Crippen MR) is 65.5 cm³/mol. The Hall–Kier alpha value is -1.42. The fourth-order valence-corrected chi connectivity index (χ4v) is 3.16. The summed E-state index contributed by atoms with van der Waals surface area (Å²) >= 11 is 1.51. The van der Waals surface area contributed by atoms with Crippen molar-refractivity contribution < 1.29 is 0 Å². The van der Waals surface area contributed by atoms with E-state index in [0.717, 1.165) is 11.4 Å². The molecule has 2 aromatic rings. The van der Waals surface area contributed by atoms with Crippen molar-refractivity contribution in [2.75, 3.05) is 5.73 Å². The lowest BCUT2D eigenvalue weighted by Crippen LogP contribution is -2.10. The molecule has 0 saturated heterocycles. The maximum atomic E-state index is 5.65. The Morgan fingerprint density at radius 3 is 2.94 bits per heavy atom. The van der Waals surface area contributed by atoms with Crippen molar-refractivity contribution in [3.8, 4) is 0 Å². The van der Waals surface area contributed by atoms with E-state index >= 15 is 0 Å². The summed E-state index contributed by atoms with van der Waals surface area (Å²) in [7, 11) is 0. The van der Waals surface area contributed by atoms with Crippen LogP contribution in [0.25, 0.3) is 0 Å². The molecule has 82 valence electrons. The first-order chi connectivity index (χ1) is 7.84. The van der Waals surface area contributed by atoms with Crippen LogP contribution in [0, 0.1) is 0 Å². The van der Waals surface area contributed by atoms with Gasteiger partial charge >= 0.3 is 0 Å². The number of hydrogen-bond acceptors (Lipinski definition) is 4. The number of nitrogen functional groups attached to an aromatic ring is 1. The quantitative estimate of drug-likeness (QED) is 0.820. The predicted octanol–water partition coefficient (Wildman–Crippen LogP) is 2.59. The highest BCUT2D eigenvalue weighted by molar-refractivity contribution is 7.15. The van der Waals surface area contributed by atoms with Gasteiger partial charge in [0.05, 0.1) is 0 Å². The molecule has 0 saturated carbocycles. The first-order valence-corrected chi connectivity index (χ1v) is 6.33. The fraction of sp³-hybridized carbons (Fsp3) is 0.333. The Morgan fingerprint density at radius 2 is 2.12 bits per heavy atom. The zero-order valence-electron chi connectivity index (χ0n) is 8.89. The maximum Gasteiger partial charge on any atom is 0.203 e. The minimum Gasteiger partial charge on any atom is -0.374 e. The van der Waals surface area contributed by atoms with Crippen LogP contribution in [0.5, 0.6) is 0 Å². The second-order valence-electron chi connectivity index (χ2n) is 4.12. The van der Waals surface area contributed by atoms with Gasteiger partial charge in [0.2, 0.25) is 5.13 Å². The molecule has 1 atom stereocenters. The first kappa shape index (κ1) is 9.78. The van der Waals surface area contributed by atoms with Crippen LogP contribution in [0.1, 0.15) is 34.9 Å². The smallest absolute Gasteiger partial charge is 0.203 e. The monoisotopic (exact) mass is 231 g/mol. The van der Waals surface area contributed by atoms with E-state index in [1.54, 1.807) is 0 Å². The zero-order chi connectivity index (χ0) is 11.0. The number of fused-ring (bicyclic) bond motifs is 1. The highest BCUT2D eigenvalue weighted by Gasteiger charge is 2.24. The Labute approximate surface area is 98.3 Å². The molecule has 1 aromatic heterocycles. The molecule has 3 nitrogen and oxygen atoms in total. The van der Waals surface area contributed by atoms with Crippen molar-refractivity contribution in [1.82, 2.24) is 10.2 Å². The van der Waals surface area contributed by atoms with Gasteiger partial charge in [0.1, 0.15) is 5.01 Å². The van der Waals surface area contributed by atoms with Gasteiger partial charge in [-0.25, -0.2) is 0 Å². The lowest BCUT2D eigenvalue weighted by molar-refractivity contribution is 0.609. The summed E-state index contributed by atoms with van der Waals surface area (Å²) in [6, 6.07) is 8.62. The first-order valence-electron chi connectivity index (χ1n) is 5.51. The van der Waals surface area contributed by atoms with Crippen molar-refractivity contribution >= 4 is 16.5 Å². The molecule has 16 heavy (non-hydrogen) atoms. The Kier molecular flexibility index (Phi) is 2.36. The summed E-state index contributed by atoms with van der Waals surface area (Å²) in [5.41, 5.74) is 8.51. The largest absolute Gasteiger partial charge is 0.374 e. The molecule has 3 rings (SSSR count). The van der Waals surface area contributed by atoms with Crippen LogP contribution in [0.3, 0.4) is 0 Å². The summed E-state index contributed by atoms with van der Waals surface area (Å²) in [6.45, 7) is 0. The van der Waals surface area contributed by atoms with Crippen molar-refractivity contribution in [2.45, 2.75) is 25.2 Å². The number of nitrogens with two attached hydrogens (primary N) is 1. The summed E-state index contributed by atoms with van der Waals surface area (Å²) in [4.78, 5) is 0. The van der Waals surface area contributed by atoms with Gasteiger partial charge in [0.15, 0.2) is 0 Å². The molecule has 1 aromatic carbocycles. The third-order valence-corrected chi connectivity index (χ3v) is 3.99. The van der Waals surface area contributed by atoms with Crippen LogP contribution < -0.4 is 5.73 Å². The van der Waals surface area contributed by atoms with Crippen molar-refractivity contribution in [1.29, 1.82) is 0 Å². The molecule has 0 radical (unpaired) electrons. The molecule has 0 spiro atoms. The summed E-state index contributed by atoms with van der Waals surface area (Å²) in [5, 5.41) is 9.72. The van der Waals surface area contributed by atoms with E-state index in [4.69, 9.17) is 5.73 Å². The van der Waals surface area contributed by atoms with E-state index < -0.39 is 0 Å². The Bertz CT molecular complexity index is 506. The molecule has 0 bridgehead atoms. The van der Waals surface area contributed by atoms with Crippen molar-refractivity contribution in [3.05, 3.63) is 40.4 Å². The standard InChI is InChI=1S/C12H13N3S/c13-12-15-14-11(16-12)10-7-3-5-8-4-1-2-6-9(8)10/h1-2,4,6,10H,3,5,7H2,(H2,13,15). The molecular formula is C12H13N3S. The lowest BCUT2D eigenvalue weighted by Gasteiger charge is -2.23. The molecule has 0 fully saturated rings. The molecule has 4 heteroatoms. The van der Waals surface area contributed by atoms with E-state index in [2.05, 4.69) is 34.5 Å². The van der Waals surface area contributed by atoms with Crippen LogP contribution >= 0.6 is 11.3 Å². The molecule has 1 aliphatic rings. The van der Waals surface area contributed by atoms with Crippen molar-refractivity contribution in [3.63, 3.8) is 0 Å². The number of rotatable bonds is 1. The van der Waals surface area contributed by atoms with E-state index in [1.807, 2.05) is 0 Å². The van der Waals surface area contributed by atoms with Crippen LogP contribution in [0.2, 0.25) is 0 Å². The van der Waals surface area contributed by atoms with E-state index in [1.165, 1.54) is 35.3 Å². The third-order valence-electron chi connectivity index (χ3n) is 3.12. The molecule has 0 amide bonds. The normalized spacial score (nSPS) is 19.4. The number of hydrogen-bond donors (Lipinski definition) is 1. The molecule has 2 N–H and O–H groups in total. The molecule has 1 aliphatic carbocycles. The zero-order valence-corrected chi connectivity index (χ0v) is 9.70. The maximum absolute atomic E-state index is 5.65. The Balaban J connectivity index is 2.04. The molecule has 1 heterocycles. The average molecular weight is 231 g/mol. The number of anilines is 1. The number of aromatic nitrogens is 2. The van der Waals surface area contributed by atoms with E-state index in [9.17, 15) is 0 Å². The number of benzene rings is 1. The van der Waals surface area contributed by atoms with Crippen LogP contribution in [-0.4, -0.2) is 10.2 Å². The van der Waals surface area contributed by atoms with Crippen molar-refractivity contribution in [2.24, 2.45) is 0 Å². The Morgan fingerprint density at radius 1 is 1.25 bits per heavy atom. The minimum atomic E-state index is 0.403. The van der Waals surface area contributed by atoms with E-state index in [0.29, 0.717) is 11.0 Å². The van der Waals surface area contributed by atoms with Gasteiger partial charge in [-0.1, -0.05) is 35.6 Å². The lowest BCUT2D eigenvalue weighted by atomic mass is 9.83. The van der Waals surface area contributed by atoms with Crippen LogP contribution in [-0.2, 0) is 6.42 Å². The molecule has 0 aliphatic heterocycles. The van der Waals surface area contributed by atoms with Gasteiger partial charge in [-0.15, -0.1) is 10.2 Å². The summed E-state index contributed by atoms with van der Waals surface area (Å²) in [5.74, 6) is 0.403. The second kappa shape index (κ2) is 3.87. The summed E-state index contributed by atoms with van der Waals surface area (Å²) < 4.78 is 0. The average Bonchev–Trinajstić information content (AvgIpc) is 2.75. The van der Waals surface area contributed by atoms with Gasteiger partial charge < -0.3 is 5.73 Å². The second-order valence-corrected chi connectivity index (χ2v) is 5.16. The van der Waals surface area contributed by atoms with Gasteiger partial charge in [-0.3, -0.25) is 0 Å². The SMILES string of the molecule is Nc1nnc(C2CCCc3ccccc32)s1. The third kappa shape index (κ3) is 1.59. The van der Waals surface area contributed by atoms with Gasteiger partial charge in [-0.2, -0.15) is 0 Å². The molecule has 1 unspecified atom stereocenters. The topological polar surface area (TPSA) is 51.8 Å².